The van der Waals surface area contributed by atoms with Crippen molar-refractivity contribution in [3.8, 4) is 0 Å². The van der Waals surface area contributed by atoms with E-state index < -0.39 is 27.8 Å². The van der Waals surface area contributed by atoms with Gasteiger partial charge in [0.2, 0.25) is 0 Å². The Balaban J connectivity index is 3.13. The van der Waals surface area contributed by atoms with Crippen molar-refractivity contribution >= 4 is 27.3 Å². The molecule has 1 heterocycles. The van der Waals surface area contributed by atoms with Gasteiger partial charge in [-0.2, -0.15) is 4.31 Å². The van der Waals surface area contributed by atoms with Gasteiger partial charge in [0.1, 0.15) is 0 Å². The van der Waals surface area contributed by atoms with Gasteiger partial charge in [-0.25, -0.2) is 18.2 Å². The minimum atomic E-state index is -3.92. The van der Waals surface area contributed by atoms with Gasteiger partial charge in [0.25, 0.3) is 10.0 Å². The molecule has 2 N–H and O–H groups in total. The van der Waals surface area contributed by atoms with E-state index in [9.17, 15) is 13.2 Å². The lowest BCUT2D eigenvalue weighted by Crippen LogP contribution is -2.33. The number of aliphatic hydroxyl groups excluding tert-OH is 1. The van der Waals surface area contributed by atoms with Crippen LogP contribution >= 0.6 is 11.3 Å². The van der Waals surface area contributed by atoms with Crippen LogP contribution in [0.5, 0.6) is 0 Å². The maximum absolute atomic E-state index is 12.0. The van der Waals surface area contributed by atoms with Crippen LogP contribution in [0.4, 0.5) is 0 Å². The number of carbonyl (C=O) groups is 1. The first-order chi connectivity index (χ1) is 7.76. The molecule has 1 rings (SSSR count). The molecule has 0 saturated heterocycles. The monoisotopic (exact) mass is 280 g/mol. The van der Waals surface area contributed by atoms with E-state index in [0.29, 0.717) is 0 Å². The maximum atomic E-state index is 12.0. The first-order valence-corrected chi connectivity index (χ1v) is 6.90. The van der Waals surface area contributed by atoms with E-state index in [0.717, 1.165) is 21.2 Å². The van der Waals surface area contributed by atoms with Gasteiger partial charge in [-0.3, -0.25) is 0 Å². The molecule has 0 saturated carbocycles. The van der Waals surface area contributed by atoms with Gasteiger partial charge in [0.05, 0.1) is 11.6 Å². The predicted molar refractivity (Wildman–Crippen MR) is 60.6 cm³/mol. The second-order valence-corrected chi connectivity index (χ2v) is 6.52. The zero-order valence-electron chi connectivity index (χ0n) is 9.19. The van der Waals surface area contributed by atoms with Crippen LogP contribution in [0.25, 0.3) is 0 Å². The number of thiazole rings is 1. The molecule has 17 heavy (non-hydrogen) atoms. The van der Waals surface area contributed by atoms with Crippen molar-refractivity contribution in [2.45, 2.75) is 17.2 Å². The van der Waals surface area contributed by atoms with Gasteiger partial charge >= 0.3 is 5.97 Å². The van der Waals surface area contributed by atoms with Crippen LogP contribution < -0.4 is 0 Å². The highest BCUT2D eigenvalue weighted by Gasteiger charge is 2.29. The molecule has 0 aliphatic heterocycles. The second-order valence-electron chi connectivity index (χ2n) is 3.43. The summed E-state index contributed by atoms with van der Waals surface area (Å²) in [5.74, 6) is -1.39. The fourth-order valence-corrected chi connectivity index (χ4v) is 3.75. The van der Waals surface area contributed by atoms with E-state index >= 15 is 0 Å². The quantitative estimate of drug-likeness (QED) is 0.776. The molecule has 0 aliphatic carbocycles. The summed E-state index contributed by atoms with van der Waals surface area (Å²) in [6.45, 7) is 1.33. The summed E-state index contributed by atoms with van der Waals surface area (Å²) in [6.07, 6.45) is -0.837. The van der Waals surface area contributed by atoms with Gasteiger partial charge in [-0.1, -0.05) is 0 Å². The Morgan fingerprint density at radius 3 is 2.71 bits per heavy atom. The molecular weight excluding hydrogens is 268 g/mol. The number of sulfonamides is 1. The SMILES string of the molecule is CC(O)CN(C)S(=O)(=O)c1scnc1C(=O)O. The molecule has 1 aromatic heterocycles. The third-order valence-corrected chi connectivity index (χ3v) is 5.07. The van der Waals surface area contributed by atoms with Crippen molar-refractivity contribution in [3.63, 3.8) is 0 Å². The molecule has 0 aromatic carbocycles. The van der Waals surface area contributed by atoms with Crippen LogP contribution in [-0.2, 0) is 10.0 Å². The standard InChI is InChI=1S/C8H12N2O5S2/c1-5(11)3-10(2)17(14,15)8-6(7(12)13)9-4-16-8/h4-5,11H,3H2,1-2H3,(H,12,13). The first kappa shape index (κ1) is 14.0. The van der Waals surface area contributed by atoms with Crippen LogP contribution in [0.1, 0.15) is 17.4 Å². The van der Waals surface area contributed by atoms with Crippen LogP contribution in [-0.4, -0.2) is 53.6 Å². The summed E-state index contributed by atoms with van der Waals surface area (Å²) in [6, 6.07) is 0. The van der Waals surface area contributed by atoms with Crippen molar-refractivity contribution in [2.24, 2.45) is 0 Å². The first-order valence-electron chi connectivity index (χ1n) is 4.58. The third-order valence-electron chi connectivity index (χ3n) is 1.90. The summed E-state index contributed by atoms with van der Waals surface area (Å²) >= 11 is 0.737. The third kappa shape index (κ3) is 3.00. The summed E-state index contributed by atoms with van der Waals surface area (Å²) in [5, 5.41) is 17.9. The molecular formula is C8H12N2O5S2. The minimum absolute atomic E-state index is 0.112. The van der Waals surface area contributed by atoms with Crippen molar-refractivity contribution < 1.29 is 23.4 Å². The zero-order valence-corrected chi connectivity index (χ0v) is 10.8. The highest BCUT2D eigenvalue weighted by molar-refractivity contribution is 7.91. The highest BCUT2D eigenvalue weighted by Crippen LogP contribution is 2.23. The molecule has 0 bridgehead atoms. The molecule has 0 spiro atoms. The summed E-state index contributed by atoms with van der Waals surface area (Å²) in [4.78, 5) is 14.3. The lowest BCUT2D eigenvalue weighted by molar-refractivity contribution is 0.0687. The number of aromatic nitrogens is 1. The van der Waals surface area contributed by atoms with E-state index in [-0.39, 0.29) is 10.8 Å². The van der Waals surface area contributed by atoms with Gasteiger partial charge < -0.3 is 10.2 Å². The smallest absolute Gasteiger partial charge is 0.356 e. The summed E-state index contributed by atoms with van der Waals surface area (Å²) in [7, 11) is -2.65. The number of aromatic carboxylic acids is 1. The Kier molecular flexibility index (Phi) is 4.20. The molecule has 1 unspecified atom stereocenters. The molecule has 0 aliphatic rings. The lowest BCUT2D eigenvalue weighted by atomic mass is 10.4. The van der Waals surface area contributed by atoms with Crippen LogP contribution in [0.15, 0.2) is 9.72 Å². The topological polar surface area (TPSA) is 108 Å². The van der Waals surface area contributed by atoms with Gasteiger partial charge in [0, 0.05) is 13.6 Å². The Bertz CT molecular complexity index is 508. The minimum Gasteiger partial charge on any atom is -0.476 e. The van der Waals surface area contributed by atoms with Crippen molar-refractivity contribution in [1.82, 2.24) is 9.29 Å². The van der Waals surface area contributed by atoms with Gasteiger partial charge in [0.15, 0.2) is 9.90 Å². The van der Waals surface area contributed by atoms with Gasteiger partial charge in [-0.15, -0.1) is 11.3 Å². The number of hydrogen-bond donors (Lipinski definition) is 2. The molecule has 0 radical (unpaired) electrons. The normalized spacial score (nSPS) is 13.9. The average molecular weight is 280 g/mol. The Morgan fingerprint density at radius 1 is 1.65 bits per heavy atom. The van der Waals surface area contributed by atoms with Crippen molar-refractivity contribution in [1.29, 1.82) is 0 Å². The van der Waals surface area contributed by atoms with Crippen LogP contribution in [0.2, 0.25) is 0 Å². The summed E-state index contributed by atoms with van der Waals surface area (Å²) in [5.41, 5.74) is 0.666. The molecule has 7 nitrogen and oxygen atoms in total. The fraction of sp³-hybridized carbons (Fsp3) is 0.500. The average Bonchev–Trinajstić information content (AvgIpc) is 2.64. The summed E-state index contributed by atoms with van der Waals surface area (Å²) < 4.78 is 24.5. The number of carboxylic acid groups (broad SMARTS) is 1. The molecule has 9 heteroatoms. The Morgan fingerprint density at radius 2 is 2.24 bits per heavy atom. The molecule has 0 fully saturated rings. The number of hydrogen-bond acceptors (Lipinski definition) is 6. The van der Waals surface area contributed by atoms with Crippen LogP contribution in [0, 0.1) is 0 Å². The van der Waals surface area contributed by atoms with E-state index in [1.165, 1.54) is 14.0 Å². The molecule has 0 amide bonds. The largest absolute Gasteiger partial charge is 0.476 e. The zero-order chi connectivity index (χ0) is 13.2. The fourth-order valence-electron chi connectivity index (χ4n) is 1.17. The van der Waals surface area contributed by atoms with E-state index in [1.54, 1.807) is 0 Å². The van der Waals surface area contributed by atoms with Crippen molar-refractivity contribution in [3.05, 3.63) is 11.2 Å². The molecule has 96 valence electrons. The number of rotatable bonds is 5. The lowest BCUT2D eigenvalue weighted by Gasteiger charge is -2.17. The predicted octanol–water partition coefficient (Wildman–Crippen LogP) is -0.157. The number of aliphatic hydroxyl groups is 1. The van der Waals surface area contributed by atoms with E-state index in [4.69, 9.17) is 10.2 Å². The highest BCUT2D eigenvalue weighted by atomic mass is 32.2. The second kappa shape index (κ2) is 5.08. The van der Waals surface area contributed by atoms with Crippen molar-refractivity contribution in [2.75, 3.05) is 13.6 Å². The van der Waals surface area contributed by atoms with E-state index in [2.05, 4.69) is 4.98 Å². The van der Waals surface area contributed by atoms with Gasteiger partial charge in [-0.05, 0) is 6.92 Å². The molecule has 1 aromatic rings. The Hall–Kier alpha value is -1.03. The Labute approximate surface area is 102 Å². The van der Waals surface area contributed by atoms with E-state index in [1.807, 2.05) is 0 Å². The molecule has 1 atom stereocenters. The van der Waals surface area contributed by atoms with Crippen LogP contribution in [0.3, 0.4) is 0 Å². The number of nitrogens with zero attached hydrogens (tertiary/aromatic N) is 2. The number of likely N-dealkylation sites (N-methyl/N-ethyl adjacent to an activating group) is 1. The number of carboxylic acids is 1. The maximum Gasteiger partial charge on any atom is 0.356 e.